The number of ether oxygens (including phenoxy) is 1. The van der Waals surface area contributed by atoms with Gasteiger partial charge in [0.25, 0.3) is 0 Å². The SMILES string of the molecule is C=CC(O)CC1CO1. The molecule has 1 saturated heterocycles. The van der Waals surface area contributed by atoms with Crippen LogP contribution in [0.2, 0.25) is 0 Å². The molecule has 0 aromatic rings. The van der Waals surface area contributed by atoms with Crippen molar-refractivity contribution in [2.45, 2.75) is 18.6 Å². The molecule has 1 heterocycles. The summed E-state index contributed by atoms with van der Waals surface area (Å²) in [4.78, 5) is 0. The van der Waals surface area contributed by atoms with Crippen molar-refractivity contribution in [1.29, 1.82) is 0 Å². The molecule has 2 unspecified atom stereocenters. The molecule has 1 fully saturated rings. The monoisotopic (exact) mass is 114 g/mol. The van der Waals surface area contributed by atoms with E-state index in [9.17, 15) is 0 Å². The summed E-state index contributed by atoms with van der Waals surface area (Å²) >= 11 is 0. The molecule has 0 aromatic carbocycles. The predicted octanol–water partition coefficient (Wildman–Crippen LogP) is 0.322. The van der Waals surface area contributed by atoms with Crippen LogP contribution in [-0.4, -0.2) is 23.9 Å². The lowest BCUT2D eigenvalue weighted by molar-refractivity contribution is 0.197. The van der Waals surface area contributed by atoms with Crippen molar-refractivity contribution in [2.24, 2.45) is 0 Å². The molecule has 1 aliphatic heterocycles. The summed E-state index contributed by atoms with van der Waals surface area (Å²) in [5, 5.41) is 8.87. The van der Waals surface area contributed by atoms with Crippen LogP contribution in [0.1, 0.15) is 6.42 Å². The number of epoxide rings is 1. The van der Waals surface area contributed by atoms with Gasteiger partial charge in [0.2, 0.25) is 0 Å². The molecule has 0 spiro atoms. The highest BCUT2D eigenvalue weighted by atomic mass is 16.6. The molecule has 1 aliphatic rings. The van der Waals surface area contributed by atoms with Gasteiger partial charge in [-0.25, -0.2) is 0 Å². The second-order valence-corrected chi connectivity index (χ2v) is 1.99. The minimum Gasteiger partial charge on any atom is -0.389 e. The van der Waals surface area contributed by atoms with Gasteiger partial charge < -0.3 is 9.84 Å². The van der Waals surface area contributed by atoms with E-state index in [0.29, 0.717) is 12.5 Å². The molecule has 0 saturated carbocycles. The zero-order chi connectivity index (χ0) is 5.98. The van der Waals surface area contributed by atoms with E-state index < -0.39 is 0 Å². The molecule has 2 nitrogen and oxygen atoms in total. The van der Waals surface area contributed by atoms with Crippen molar-refractivity contribution in [2.75, 3.05) is 6.61 Å². The first-order valence-corrected chi connectivity index (χ1v) is 2.75. The summed E-state index contributed by atoms with van der Waals surface area (Å²) in [6.45, 7) is 4.25. The Hall–Kier alpha value is -0.340. The van der Waals surface area contributed by atoms with Crippen molar-refractivity contribution >= 4 is 0 Å². The van der Waals surface area contributed by atoms with E-state index in [1.54, 1.807) is 0 Å². The second-order valence-electron chi connectivity index (χ2n) is 1.99. The maximum atomic E-state index is 8.87. The van der Waals surface area contributed by atoms with Gasteiger partial charge in [0.1, 0.15) is 0 Å². The second kappa shape index (κ2) is 2.29. The minimum atomic E-state index is -0.373. The Balaban J connectivity index is 2.06. The van der Waals surface area contributed by atoms with Gasteiger partial charge in [0.15, 0.2) is 0 Å². The molecule has 2 atom stereocenters. The zero-order valence-corrected chi connectivity index (χ0v) is 4.71. The van der Waals surface area contributed by atoms with E-state index in [1.165, 1.54) is 6.08 Å². The van der Waals surface area contributed by atoms with Crippen LogP contribution in [0, 0.1) is 0 Å². The lowest BCUT2D eigenvalue weighted by Crippen LogP contribution is -2.04. The Bertz CT molecular complexity index is 86.5. The quantitative estimate of drug-likeness (QED) is 0.423. The first-order valence-electron chi connectivity index (χ1n) is 2.75. The van der Waals surface area contributed by atoms with Crippen molar-refractivity contribution in [3.05, 3.63) is 12.7 Å². The fraction of sp³-hybridized carbons (Fsp3) is 0.667. The molecule has 0 bridgehead atoms. The predicted molar refractivity (Wildman–Crippen MR) is 30.6 cm³/mol. The lowest BCUT2D eigenvalue weighted by Gasteiger charge is -1.97. The average molecular weight is 114 g/mol. The van der Waals surface area contributed by atoms with Gasteiger partial charge in [0, 0.05) is 6.42 Å². The van der Waals surface area contributed by atoms with Crippen molar-refractivity contribution in [3.8, 4) is 0 Å². The fourth-order valence-corrected chi connectivity index (χ4v) is 0.570. The van der Waals surface area contributed by atoms with E-state index in [4.69, 9.17) is 9.84 Å². The van der Waals surface area contributed by atoms with Crippen molar-refractivity contribution in [3.63, 3.8) is 0 Å². The van der Waals surface area contributed by atoms with E-state index in [1.807, 2.05) is 0 Å². The molecule has 1 N–H and O–H groups in total. The van der Waals surface area contributed by atoms with E-state index in [-0.39, 0.29) is 6.10 Å². The largest absolute Gasteiger partial charge is 0.389 e. The summed E-state index contributed by atoms with van der Waals surface area (Å²) in [6, 6.07) is 0. The summed E-state index contributed by atoms with van der Waals surface area (Å²) < 4.78 is 4.87. The van der Waals surface area contributed by atoms with Crippen LogP contribution in [0.15, 0.2) is 12.7 Å². The van der Waals surface area contributed by atoms with Crippen LogP contribution in [0.3, 0.4) is 0 Å². The summed E-state index contributed by atoms with van der Waals surface area (Å²) in [7, 11) is 0. The van der Waals surface area contributed by atoms with Gasteiger partial charge in [-0.1, -0.05) is 6.08 Å². The number of aliphatic hydroxyl groups excluding tert-OH is 1. The minimum absolute atomic E-state index is 0.308. The van der Waals surface area contributed by atoms with Crippen molar-refractivity contribution < 1.29 is 9.84 Å². The number of hydrogen-bond acceptors (Lipinski definition) is 2. The van der Waals surface area contributed by atoms with Gasteiger partial charge in [-0.2, -0.15) is 0 Å². The number of rotatable bonds is 3. The van der Waals surface area contributed by atoms with Crippen LogP contribution < -0.4 is 0 Å². The Labute approximate surface area is 48.8 Å². The van der Waals surface area contributed by atoms with Crippen LogP contribution in [0.25, 0.3) is 0 Å². The van der Waals surface area contributed by atoms with Gasteiger partial charge >= 0.3 is 0 Å². The first kappa shape index (κ1) is 5.79. The third-order valence-corrected chi connectivity index (χ3v) is 1.18. The van der Waals surface area contributed by atoms with Crippen LogP contribution in [0.4, 0.5) is 0 Å². The van der Waals surface area contributed by atoms with Crippen LogP contribution >= 0.6 is 0 Å². The molecule has 0 aromatic heterocycles. The van der Waals surface area contributed by atoms with Crippen LogP contribution in [0.5, 0.6) is 0 Å². The molecular formula is C6H10O2. The standard InChI is InChI=1S/C6H10O2/c1-2-5(7)3-6-4-8-6/h2,5-7H,1,3-4H2. The van der Waals surface area contributed by atoms with Gasteiger partial charge in [-0.15, -0.1) is 6.58 Å². The maximum absolute atomic E-state index is 8.87. The Morgan fingerprint density at radius 1 is 2.00 bits per heavy atom. The van der Waals surface area contributed by atoms with Crippen molar-refractivity contribution in [1.82, 2.24) is 0 Å². The number of hydrogen-bond donors (Lipinski definition) is 1. The third kappa shape index (κ3) is 1.64. The lowest BCUT2D eigenvalue weighted by atomic mass is 10.2. The fourth-order valence-electron chi connectivity index (χ4n) is 0.570. The summed E-state index contributed by atoms with van der Waals surface area (Å²) in [5.41, 5.74) is 0. The molecule has 8 heavy (non-hydrogen) atoms. The van der Waals surface area contributed by atoms with E-state index in [2.05, 4.69) is 6.58 Å². The first-order chi connectivity index (χ1) is 3.83. The van der Waals surface area contributed by atoms with Crippen LogP contribution in [-0.2, 0) is 4.74 Å². The number of aliphatic hydroxyl groups is 1. The highest BCUT2D eigenvalue weighted by Crippen LogP contribution is 2.15. The summed E-state index contributed by atoms with van der Waals surface area (Å²) in [6.07, 6.45) is 2.18. The Morgan fingerprint density at radius 2 is 2.62 bits per heavy atom. The maximum Gasteiger partial charge on any atom is 0.0837 e. The topological polar surface area (TPSA) is 32.8 Å². The average Bonchev–Trinajstić information content (AvgIpc) is 2.50. The normalized spacial score (nSPS) is 29.4. The molecule has 0 aliphatic carbocycles. The molecule has 0 amide bonds. The molecular weight excluding hydrogens is 104 g/mol. The highest BCUT2D eigenvalue weighted by molar-refractivity contribution is 4.84. The smallest absolute Gasteiger partial charge is 0.0837 e. The third-order valence-electron chi connectivity index (χ3n) is 1.18. The van der Waals surface area contributed by atoms with Gasteiger partial charge in [-0.3, -0.25) is 0 Å². The summed E-state index contributed by atoms with van der Waals surface area (Å²) in [5.74, 6) is 0. The zero-order valence-electron chi connectivity index (χ0n) is 4.71. The molecule has 0 radical (unpaired) electrons. The Kier molecular flexibility index (Phi) is 1.65. The highest BCUT2D eigenvalue weighted by Gasteiger charge is 2.24. The van der Waals surface area contributed by atoms with E-state index in [0.717, 1.165) is 6.61 Å². The van der Waals surface area contributed by atoms with Gasteiger partial charge in [0.05, 0.1) is 18.8 Å². The van der Waals surface area contributed by atoms with E-state index >= 15 is 0 Å². The Morgan fingerprint density at radius 3 is 3.00 bits per heavy atom. The molecule has 1 rings (SSSR count). The molecule has 46 valence electrons. The molecule has 2 heteroatoms. The van der Waals surface area contributed by atoms with Gasteiger partial charge in [-0.05, 0) is 0 Å².